The molecule has 5 nitrogen and oxygen atoms in total. The largest absolute Gasteiger partial charge is 0.319 e. The van der Waals surface area contributed by atoms with Gasteiger partial charge in [0.2, 0.25) is 5.91 Å². The zero-order chi connectivity index (χ0) is 12.3. The predicted molar refractivity (Wildman–Crippen MR) is 62.0 cm³/mol. The molecule has 0 saturated carbocycles. The van der Waals surface area contributed by atoms with Gasteiger partial charge in [0.1, 0.15) is 5.69 Å². The summed E-state index contributed by atoms with van der Waals surface area (Å²) >= 11 is 11.4. The van der Waals surface area contributed by atoms with Gasteiger partial charge < -0.3 is 5.32 Å². The van der Waals surface area contributed by atoms with E-state index in [0.29, 0.717) is 0 Å². The van der Waals surface area contributed by atoms with Gasteiger partial charge in [-0.3, -0.25) is 14.9 Å². The van der Waals surface area contributed by atoms with Crippen LogP contribution in [0.1, 0.15) is 13.3 Å². The predicted octanol–water partition coefficient (Wildman–Crippen LogP) is 3.25. The summed E-state index contributed by atoms with van der Waals surface area (Å²) in [5, 5.41) is 13.3. The normalized spacial score (nSPS) is 9.94. The van der Waals surface area contributed by atoms with Crippen molar-refractivity contribution in [2.45, 2.75) is 13.3 Å². The van der Waals surface area contributed by atoms with Gasteiger partial charge in [-0.05, 0) is 6.07 Å². The highest BCUT2D eigenvalue weighted by Gasteiger charge is 2.19. The first-order valence-corrected chi connectivity index (χ1v) is 5.14. The Labute approximate surface area is 101 Å². The lowest BCUT2D eigenvalue weighted by Crippen LogP contribution is -2.11. The average Bonchev–Trinajstić information content (AvgIpc) is 2.20. The third-order valence-corrected chi connectivity index (χ3v) is 2.33. The number of halogens is 2. The molecule has 7 heteroatoms. The molecule has 16 heavy (non-hydrogen) atoms. The second-order valence-electron chi connectivity index (χ2n) is 2.94. The minimum absolute atomic E-state index is 0.0251. The molecule has 1 N–H and O–H groups in total. The van der Waals surface area contributed by atoms with Gasteiger partial charge in [0.05, 0.1) is 9.95 Å². The smallest absolute Gasteiger partial charge is 0.295 e. The lowest BCUT2D eigenvalue weighted by Gasteiger charge is -2.07. The quantitative estimate of drug-likeness (QED) is 0.672. The van der Waals surface area contributed by atoms with Crippen LogP contribution in [0.25, 0.3) is 0 Å². The molecular weight excluding hydrogens is 255 g/mol. The Hall–Kier alpha value is -1.33. The highest BCUT2D eigenvalue weighted by Crippen LogP contribution is 2.35. The third-order valence-electron chi connectivity index (χ3n) is 1.82. The van der Waals surface area contributed by atoms with E-state index in [1.807, 2.05) is 0 Å². The zero-order valence-corrected chi connectivity index (χ0v) is 9.80. The first-order chi connectivity index (χ1) is 7.45. The van der Waals surface area contributed by atoms with E-state index in [9.17, 15) is 14.9 Å². The monoisotopic (exact) mass is 262 g/mol. The Morgan fingerprint density at radius 1 is 1.50 bits per heavy atom. The molecule has 0 aromatic heterocycles. The van der Waals surface area contributed by atoms with Crippen LogP contribution in [-0.4, -0.2) is 10.8 Å². The van der Waals surface area contributed by atoms with Crippen molar-refractivity contribution in [3.05, 3.63) is 32.3 Å². The third kappa shape index (κ3) is 2.84. The first kappa shape index (κ1) is 12.7. The second kappa shape index (κ2) is 5.14. The molecule has 0 aliphatic carbocycles. The van der Waals surface area contributed by atoms with Crippen LogP contribution < -0.4 is 5.32 Å². The molecule has 1 aromatic carbocycles. The number of hydrogen-bond acceptors (Lipinski definition) is 3. The maximum absolute atomic E-state index is 11.2. The number of benzene rings is 1. The molecule has 0 aliphatic rings. The Balaban J connectivity index is 3.24. The molecule has 0 spiro atoms. The SMILES string of the molecule is CCC(=O)Nc1c(Cl)cc(Cl)cc1[N+](=O)[O-]. The number of nitro groups is 1. The van der Waals surface area contributed by atoms with Gasteiger partial charge in [-0.15, -0.1) is 0 Å². The fourth-order valence-electron chi connectivity index (χ4n) is 1.06. The average molecular weight is 263 g/mol. The standard InChI is InChI=1S/C9H8Cl2N2O3/c1-2-8(14)12-9-6(11)3-5(10)4-7(9)13(15)16/h3-4H,2H2,1H3,(H,12,14). The van der Waals surface area contributed by atoms with Crippen LogP contribution in [0.2, 0.25) is 10.0 Å². The number of rotatable bonds is 3. The van der Waals surface area contributed by atoms with Crippen molar-refractivity contribution in [3.8, 4) is 0 Å². The van der Waals surface area contributed by atoms with Gasteiger partial charge >= 0.3 is 0 Å². The second-order valence-corrected chi connectivity index (χ2v) is 3.78. The molecule has 1 amide bonds. The summed E-state index contributed by atoms with van der Waals surface area (Å²) in [4.78, 5) is 21.3. The Kier molecular flexibility index (Phi) is 4.09. The van der Waals surface area contributed by atoms with Crippen LogP contribution in [0.15, 0.2) is 12.1 Å². The number of nitro benzene ring substituents is 1. The van der Waals surface area contributed by atoms with Gasteiger partial charge in [-0.1, -0.05) is 30.1 Å². The molecule has 0 aliphatic heterocycles. The summed E-state index contributed by atoms with van der Waals surface area (Å²) in [6, 6.07) is 2.47. The van der Waals surface area contributed by atoms with E-state index in [0.717, 1.165) is 6.07 Å². The van der Waals surface area contributed by atoms with Crippen molar-refractivity contribution in [1.82, 2.24) is 0 Å². The van der Waals surface area contributed by atoms with E-state index in [-0.39, 0.29) is 33.7 Å². The molecule has 0 radical (unpaired) electrons. The van der Waals surface area contributed by atoms with Gasteiger partial charge in [0, 0.05) is 17.5 Å². The van der Waals surface area contributed by atoms with E-state index in [2.05, 4.69) is 5.32 Å². The molecule has 86 valence electrons. The zero-order valence-electron chi connectivity index (χ0n) is 8.29. The molecule has 0 heterocycles. The summed E-state index contributed by atoms with van der Waals surface area (Å²) in [5.41, 5.74) is -0.345. The Bertz CT molecular complexity index is 449. The van der Waals surface area contributed by atoms with Gasteiger partial charge in [0.25, 0.3) is 5.69 Å². The molecule has 1 aromatic rings. The maximum atomic E-state index is 11.2. The first-order valence-electron chi connectivity index (χ1n) is 4.39. The fourth-order valence-corrected chi connectivity index (χ4v) is 1.59. The van der Waals surface area contributed by atoms with Gasteiger partial charge in [-0.2, -0.15) is 0 Å². The molecule has 0 unspecified atom stereocenters. The van der Waals surface area contributed by atoms with Crippen LogP contribution in [0.5, 0.6) is 0 Å². The lowest BCUT2D eigenvalue weighted by molar-refractivity contribution is -0.383. The fraction of sp³-hybridized carbons (Fsp3) is 0.222. The van der Waals surface area contributed by atoms with Crippen LogP contribution in [-0.2, 0) is 4.79 Å². The molecule has 0 saturated heterocycles. The molecule has 0 fully saturated rings. The molecule has 0 bridgehead atoms. The van der Waals surface area contributed by atoms with E-state index in [1.165, 1.54) is 6.07 Å². The summed E-state index contributed by atoms with van der Waals surface area (Å²) in [7, 11) is 0. The van der Waals surface area contributed by atoms with Crippen molar-refractivity contribution in [2.75, 3.05) is 5.32 Å². The van der Waals surface area contributed by atoms with Crippen LogP contribution in [0, 0.1) is 10.1 Å². The van der Waals surface area contributed by atoms with Crippen LogP contribution in [0.4, 0.5) is 11.4 Å². The summed E-state index contributed by atoms with van der Waals surface area (Å²) in [6.45, 7) is 1.63. The summed E-state index contributed by atoms with van der Waals surface area (Å²) in [6.07, 6.45) is 0.204. The number of hydrogen-bond donors (Lipinski definition) is 1. The Morgan fingerprint density at radius 2 is 2.12 bits per heavy atom. The number of carbonyl (C=O) groups excluding carboxylic acids is 1. The summed E-state index contributed by atoms with van der Waals surface area (Å²) < 4.78 is 0. The maximum Gasteiger partial charge on any atom is 0.295 e. The van der Waals surface area contributed by atoms with E-state index >= 15 is 0 Å². The van der Waals surface area contributed by atoms with Crippen molar-refractivity contribution in [1.29, 1.82) is 0 Å². The van der Waals surface area contributed by atoms with Crippen LogP contribution in [0.3, 0.4) is 0 Å². The number of nitrogens with one attached hydrogen (secondary N) is 1. The minimum Gasteiger partial charge on any atom is -0.319 e. The number of carbonyl (C=O) groups is 1. The highest BCUT2D eigenvalue weighted by atomic mass is 35.5. The van der Waals surface area contributed by atoms with E-state index in [4.69, 9.17) is 23.2 Å². The van der Waals surface area contributed by atoms with Gasteiger partial charge in [-0.25, -0.2) is 0 Å². The molecular formula is C9H8Cl2N2O3. The molecule has 1 rings (SSSR count). The highest BCUT2D eigenvalue weighted by molar-refractivity contribution is 6.37. The molecule has 0 atom stereocenters. The van der Waals surface area contributed by atoms with Crippen molar-refractivity contribution in [3.63, 3.8) is 0 Å². The van der Waals surface area contributed by atoms with E-state index in [1.54, 1.807) is 6.92 Å². The van der Waals surface area contributed by atoms with Crippen LogP contribution >= 0.6 is 23.2 Å². The van der Waals surface area contributed by atoms with Crippen molar-refractivity contribution in [2.24, 2.45) is 0 Å². The minimum atomic E-state index is -0.650. The topological polar surface area (TPSA) is 72.2 Å². The Morgan fingerprint density at radius 3 is 2.62 bits per heavy atom. The summed E-state index contributed by atoms with van der Waals surface area (Å²) in [5.74, 6) is -0.354. The number of amides is 1. The van der Waals surface area contributed by atoms with Gasteiger partial charge in [0.15, 0.2) is 0 Å². The van der Waals surface area contributed by atoms with Crippen molar-refractivity contribution >= 4 is 40.5 Å². The number of anilines is 1. The van der Waals surface area contributed by atoms with E-state index < -0.39 is 4.92 Å². The number of nitrogens with zero attached hydrogens (tertiary/aromatic N) is 1. The lowest BCUT2D eigenvalue weighted by atomic mass is 10.2. The van der Waals surface area contributed by atoms with Crippen molar-refractivity contribution < 1.29 is 9.72 Å².